The standard InChI is InChI=1S/C10H7FN2O2/c11-7-3-1-2-5-8(7)6(10(14)15)4-13-9(5)12/h1-4H,(H2,12,13)(H,14,15). The van der Waals surface area contributed by atoms with Gasteiger partial charge in [0.1, 0.15) is 11.6 Å². The van der Waals surface area contributed by atoms with Crippen LogP contribution in [-0.4, -0.2) is 16.1 Å². The van der Waals surface area contributed by atoms with E-state index in [0.717, 1.165) is 6.20 Å². The molecule has 5 heteroatoms. The maximum Gasteiger partial charge on any atom is 0.338 e. The van der Waals surface area contributed by atoms with Crippen molar-refractivity contribution >= 4 is 22.6 Å². The van der Waals surface area contributed by atoms with Gasteiger partial charge in [-0.05, 0) is 6.07 Å². The van der Waals surface area contributed by atoms with Gasteiger partial charge in [-0.1, -0.05) is 12.1 Å². The Hall–Kier alpha value is -2.17. The van der Waals surface area contributed by atoms with E-state index in [-0.39, 0.29) is 16.8 Å². The van der Waals surface area contributed by atoms with Crippen LogP contribution in [0.4, 0.5) is 10.2 Å². The lowest BCUT2D eigenvalue weighted by Crippen LogP contribution is -2.03. The third kappa shape index (κ3) is 1.38. The van der Waals surface area contributed by atoms with E-state index >= 15 is 0 Å². The van der Waals surface area contributed by atoms with Crippen LogP contribution in [0.2, 0.25) is 0 Å². The number of carboxylic acids is 1. The summed E-state index contributed by atoms with van der Waals surface area (Å²) in [5.41, 5.74) is 5.34. The molecule has 2 rings (SSSR count). The molecule has 1 aromatic heterocycles. The van der Waals surface area contributed by atoms with Gasteiger partial charge in [0.25, 0.3) is 0 Å². The summed E-state index contributed by atoms with van der Waals surface area (Å²) >= 11 is 0. The molecule has 0 saturated carbocycles. The summed E-state index contributed by atoms with van der Waals surface area (Å²) < 4.78 is 13.4. The molecule has 0 aliphatic heterocycles. The van der Waals surface area contributed by atoms with Gasteiger partial charge in [-0.3, -0.25) is 0 Å². The molecule has 0 aliphatic rings. The van der Waals surface area contributed by atoms with E-state index < -0.39 is 11.8 Å². The van der Waals surface area contributed by atoms with Crippen molar-refractivity contribution in [2.24, 2.45) is 0 Å². The first kappa shape index (κ1) is 9.39. The van der Waals surface area contributed by atoms with Gasteiger partial charge in [0.05, 0.1) is 5.56 Å². The molecular weight excluding hydrogens is 199 g/mol. The number of aromatic carboxylic acids is 1. The molecule has 0 bridgehead atoms. The molecule has 0 spiro atoms. The van der Waals surface area contributed by atoms with E-state index in [1.54, 1.807) is 0 Å². The smallest absolute Gasteiger partial charge is 0.338 e. The quantitative estimate of drug-likeness (QED) is 0.743. The molecule has 76 valence electrons. The summed E-state index contributed by atoms with van der Waals surface area (Å²) in [5, 5.41) is 9.16. The average Bonchev–Trinajstić information content (AvgIpc) is 2.19. The highest BCUT2D eigenvalue weighted by atomic mass is 19.1. The summed E-state index contributed by atoms with van der Waals surface area (Å²) in [6.45, 7) is 0. The minimum absolute atomic E-state index is 0.00231. The van der Waals surface area contributed by atoms with Crippen molar-refractivity contribution in [1.29, 1.82) is 0 Å². The van der Waals surface area contributed by atoms with Gasteiger partial charge in [-0.15, -0.1) is 0 Å². The Bertz CT molecular complexity index is 554. The van der Waals surface area contributed by atoms with Crippen LogP contribution in [0.25, 0.3) is 10.8 Å². The third-order valence-electron chi connectivity index (χ3n) is 2.12. The van der Waals surface area contributed by atoms with Crippen molar-refractivity contribution in [2.75, 3.05) is 5.73 Å². The predicted molar refractivity (Wildman–Crippen MR) is 53.1 cm³/mol. The summed E-state index contributed by atoms with van der Waals surface area (Å²) in [7, 11) is 0. The first-order valence-electron chi connectivity index (χ1n) is 4.17. The average molecular weight is 206 g/mol. The number of nitrogens with zero attached hydrogens (tertiary/aromatic N) is 1. The SMILES string of the molecule is Nc1ncc(C(=O)O)c2c(F)cccc12. The number of fused-ring (bicyclic) bond motifs is 1. The zero-order valence-electron chi connectivity index (χ0n) is 7.57. The van der Waals surface area contributed by atoms with E-state index in [0.29, 0.717) is 5.39 Å². The molecular formula is C10H7FN2O2. The van der Waals surface area contributed by atoms with E-state index in [1.165, 1.54) is 18.2 Å². The minimum atomic E-state index is -1.22. The van der Waals surface area contributed by atoms with E-state index in [4.69, 9.17) is 10.8 Å². The lowest BCUT2D eigenvalue weighted by molar-refractivity contribution is 0.0698. The molecule has 0 atom stereocenters. The number of benzene rings is 1. The van der Waals surface area contributed by atoms with Gasteiger partial charge < -0.3 is 10.8 Å². The number of hydrogen-bond acceptors (Lipinski definition) is 3. The Morgan fingerprint density at radius 2 is 2.20 bits per heavy atom. The number of rotatable bonds is 1. The fourth-order valence-electron chi connectivity index (χ4n) is 1.44. The topological polar surface area (TPSA) is 76.2 Å². The zero-order valence-corrected chi connectivity index (χ0v) is 7.57. The van der Waals surface area contributed by atoms with Gasteiger partial charge >= 0.3 is 5.97 Å². The van der Waals surface area contributed by atoms with Crippen molar-refractivity contribution in [3.8, 4) is 0 Å². The second-order valence-corrected chi connectivity index (χ2v) is 3.02. The molecule has 0 aliphatic carbocycles. The second kappa shape index (κ2) is 3.20. The predicted octanol–water partition coefficient (Wildman–Crippen LogP) is 1.65. The molecule has 1 heterocycles. The number of anilines is 1. The Labute approximate surface area is 84.2 Å². The number of hydrogen-bond donors (Lipinski definition) is 2. The number of nitrogen functional groups attached to an aromatic ring is 1. The van der Waals surface area contributed by atoms with E-state index in [2.05, 4.69) is 4.98 Å². The maximum absolute atomic E-state index is 13.4. The van der Waals surface area contributed by atoms with E-state index in [9.17, 15) is 9.18 Å². The van der Waals surface area contributed by atoms with Crippen LogP contribution < -0.4 is 5.73 Å². The van der Waals surface area contributed by atoms with Crippen LogP contribution in [0.1, 0.15) is 10.4 Å². The number of carbonyl (C=O) groups is 1. The summed E-state index contributed by atoms with van der Waals surface area (Å²) in [6, 6.07) is 4.18. The highest BCUT2D eigenvalue weighted by Crippen LogP contribution is 2.25. The van der Waals surface area contributed by atoms with Crippen LogP contribution in [0.15, 0.2) is 24.4 Å². The Balaban J connectivity index is 2.96. The largest absolute Gasteiger partial charge is 0.478 e. The molecule has 15 heavy (non-hydrogen) atoms. The Morgan fingerprint density at radius 1 is 1.47 bits per heavy atom. The van der Waals surface area contributed by atoms with Gasteiger partial charge in [-0.2, -0.15) is 0 Å². The third-order valence-corrected chi connectivity index (χ3v) is 2.12. The Morgan fingerprint density at radius 3 is 2.87 bits per heavy atom. The van der Waals surface area contributed by atoms with Gasteiger partial charge in [0, 0.05) is 17.0 Å². The number of halogens is 1. The van der Waals surface area contributed by atoms with Crippen molar-refractivity contribution in [3.05, 3.63) is 35.8 Å². The zero-order chi connectivity index (χ0) is 11.0. The molecule has 0 fully saturated rings. The number of aromatic nitrogens is 1. The molecule has 0 radical (unpaired) electrons. The fourth-order valence-corrected chi connectivity index (χ4v) is 1.44. The Kier molecular flexibility index (Phi) is 2.00. The molecule has 0 unspecified atom stereocenters. The highest BCUT2D eigenvalue weighted by molar-refractivity contribution is 6.06. The van der Waals surface area contributed by atoms with Gasteiger partial charge in [-0.25, -0.2) is 14.2 Å². The molecule has 2 aromatic rings. The van der Waals surface area contributed by atoms with E-state index in [1.807, 2.05) is 0 Å². The van der Waals surface area contributed by atoms with Crippen molar-refractivity contribution in [3.63, 3.8) is 0 Å². The number of pyridine rings is 1. The normalized spacial score (nSPS) is 10.5. The molecule has 1 aromatic carbocycles. The molecule has 0 amide bonds. The fraction of sp³-hybridized carbons (Fsp3) is 0. The van der Waals surface area contributed by atoms with Crippen molar-refractivity contribution in [1.82, 2.24) is 4.98 Å². The summed E-state index contributed by atoms with van der Waals surface area (Å²) in [6.07, 6.45) is 1.06. The van der Waals surface area contributed by atoms with Crippen LogP contribution in [0.5, 0.6) is 0 Å². The minimum Gasteiger partial charge on any atom is -0.478 e. The van der Waals surface area contributed by atoms with Crippen LogP contribution >= 0.6 is 0 Å². The number of nitrogens with two attached hydrogens (primary N) is 1. The monoisotopic (exact) mass is 206 g/mol. The maximum atomic E-state index is 13.4. The highest BCUT2D eigenvalue weighted by Gasteiger charge is 2.14. The van der Waals surface area contributed by atoms with Crippen molar-refractivity contribution < 1.29 is 14.3 Å². The van der Waals surface area contributed by atoms with Gasteiger partial charge in [0.2, 0.25) is 0 Å². The lowest BCUT2D eigenvalue weighted by Gasteiger charge is -2.05. The van der Waals surface area contributed by atoms with Crippen LogP contribution in [0.3, 0.4) is 0 Å². The molecule has 4 nitrogen and oxygen atoms in total. The van der Waals surface area contributed by atoms with Gasteiger partial charge in [0.15, 0.2) is 0 Å². The molecule has 3 N–H and O–H groups in total. The first-order valence-corrected chi connectivity index (χ1v) is 4.17. The molecule has 0 saturated heterocycles. The summed E-state index contributed by atoms with van der Waals surface area (Å²) in [4.78, 5) is 14.5. The number of carboxylic acid groups (broad SMARTS) is 1. The summed E-state index contributed by atoms with van der Waals surface area (Å²) in [5.74, 6) is -1.72. The first-order chi connectivity index (χ1) is 7.11. The van der Waals surface area contributed by atoms with Crippen molar-refractivity contribution in [2.45, 2.75) is 0 Å². The van der Waals surface area contributed by atoms with Crippen LogP contribution in [0, 0.1) is 5.82 Å². The second-order valence-electron chi connectivity index (χ2n) is 3.02. The van der Waals surface area contributed by atoms with Crippen LogP contribution in [-0.2, 0) is 0 Å². The lowest BCUT2D eigenvalue weighted by atomic mass is 10.1.